The molecule has 0 radical (unpaired) electrons. The van der Waals surface area contributed by atoms with Crippen molar-refractivity contribution in [3.8, 4) is 0 Å². The summed E-state index contributed by atoms with van der Waals surface area (Å²) in [4.78, 5) is 6.45. The molecule has 1 unspecified atom stereocenters. The molecule has 1 N–H and O–H groups in total. The Kier molecular flexibility index (Phi) is 5.30. The van der Waals surface area contributed by atoms with Gasteiger partial charge in [0.05, 0.1) is 9.79 Å². The highest BCUT2D eigenvalue weighted by Crippen LogP contribution is 2.31. The molecule has 4 rings (SSSR count). The summed E-state index contributed by atoms with van der Waals surface area (Å²) in [5, 5.41) is 0.837. The van der Waals surface area contributed by atoms with Crippen molar-refractivity contribution in [2.24, 2.45) is 0 Å². The minimum absolute atomic E-state index is 0.337. The van der Waals surface area contributed by atoms with Gasteiger partial charge in [0.2, 0.25) is 9.84 Å². The molecule has 0 saturated carbocycles. The molecule has 148 valence electrons. The van der Waals surface area contributed by atoms with E-state index in [1.165, 1.54) is 19.3 Å². The van der Waals surface area contributed by atoms with Gasteiger partial charge in [0.1, 0.15) is 0 Å². The fraction of sp³-hybridized carbons (Fsp3) is 0.391. The average molecular weight is 397 g/mol. The number of hydrogen-bond acceptors (Lipinski definition) is 3. The lowest BCUT2D eigenvalue weighted by atomic mass is 9.96. The first-order valence-corrected chi connectivity index (χ1v) is 11.6. The Hall–Kier alpha value is -2.11. The maximum Gasteiger partial charge on any atom is 0.208 e. The summed E-state index contributed by atoms with van der Waals surface area (Å²) in [6.07, 6.45) is 6.27. The summed E-state index contributed by atoms with van der Waals surface area (Å²) in [5.41, 5.74) is 1.98. The zero-order valence-electron chi connectivity index (χ0n) is 16.6. The van der Waals surface area contributed by atoms with Gasteiger partial charge in [-0.3, -0.25) is 4.90 Å². The number of H-pyrrole nitrogens is 1. The van der Waals surface area contributed by atoms with E-state index in [1.807, 2.05) is 18.2 Å². The van der Waals surface area contributed by atoms with Crippen molar-refractivity contribution in [1.29, 1.82) is 0 Å². The van der Waals surface area contributed by atoms with Crippen LogP contribution in [-0.2, 0) is 16.3 Å². The molecule has 1 fully saturated rings. The molecule has 4 nitrogen and oxygen atoms in total. The number of fused-ring (bicyclic) bond motifs is 1. The minimum atomic E-state index is -3.55. The van der Waals surface area contributed by atoms with Crippen LogP contribution in [0.2, 0.25) is 0 Å². The largest absolute Gasteiger partial charge is 0.360 e. The van der Waals surface area contributed by atoms with Gasteiger partial charge < -0.3 is 4.98 Å². The quantitative estimate of drug-likeness (QED) is 0.674. The lowest BCUT2D eigenvalue weighted by molar-refractivity contribution is 0.105. The third-order valence-corrected chi connectivity index (χ3v) is 7.91. The first kappa shape index (κ1) is 19.2. The van der Waals surface area contributed by atoms with Gasteiger partial charge in [-0.05, 0) is 56.9 Å². The molecule has 0 spiro atoms. The molecule has 2 atom stereocenters. The molecular formula is C23H28N2O2S. The topological polar surface area (TPSA) is 53.2 Å². The number of aromatic amines is 1. The van der Waals surface area contributed by atoms with Crippen LogP contribution in [-0.4, -0.2) is 36.9 Å². The van der Waals surface area contributed by atoms with Gasteiger partial charge in [-0.1, -0.05) is 36.8 Å². The van der Waals surface area contributed by atoms with Gasteiger partial charge in [-0.25, -0.2) is 8.42 Å². The van der Waals surface area contributed by atoms with Crippen LogP contribution in [0.3, 0.4) is 0 Å². The number of benzene rings is 2. The SMILES string of the molecule is CC1CCC[C@H](C)N1CCc1cccc2[nH]cc(S(=O)(=O)c3ccccc3)c12. The smallest absolute Gasteiger partial charge is 0.208 e. The maximum absolute atomic E-state index is 13.2. The van der Waals surface area contributed by atoms with Gasteiger partial charge in [0.15, 0.2) is 0 Å². The van der Waals surface area contributed by atoms with Crippen molar-refractivity contribution in [2.75, 3.05) is 6.54 Å². The minimum Gasteiger partial charge on any atom is -0.360 e. The Balaban J connectivity index is 1.70. The van der Waals surface area contributed by atoms with Gasteiger partial charge in [0, 0.05) is 35.7 Å². The first-order chi connectivity index (χ1) is 13.5. The number of sulfone groups is 1. The van der Waals surface area contributed by atoms with Crippen LogP contribution >= 0.6 is 0 Å². The van der Waals surface area contributed by atoms with E-state index in [0.29, 0.717) is 21.9 Å². The first-order valence-electron chi connectivity index (χ1n) is 10.1. The zero-order chi connectivity index (χ0) is 19.7. The molecule has 1 aliphatic heterocycles. The molecule has 2 aromatic carbocycles. The second-order valence-corrected chi connectivity index (χ2v) is 9.84. The molecule has 1 aromatic heterocycles. The monoisotopic (exact) mass is 396 g/mol. The molecule has 28 heavy (non-hydrogen) atoms. The third kappa shape index (κ3) is 3.49. The Bertz CT molecular complexity index is 1050. The normalized spacial score (nSPS) is 21.2. The van der Waals surface area contributed by atoms with Crippen molar-refractivity contribution in [2.45, 2.75) is 61.4 Å². The lowest BCUT2D eigenvalue weighted by Gasteiger charge is -2.39. The average Bonchev–Trinajstić information content (AvgIpc) is 3.14. The summed E-state index contributed by atoms with van der Waals surface area (Å²) in [5.74, 6) is 0. The number of rotatable bonds is 5. The van der Waals surface area contributed by atoms with Crippen LogP contribution in [0.25, 0.3) is 10.9 Å². The number of nitrogens with zero attached hydrogens (tertiary/aromatic N) is 1. The Morgan fingerprint density at radius 1 is 1.00 bits per heavy atom. The van der Waals surface area contributed by atoms with Crippen molar-refractivity contribution in [3.05, 3.63) is 60.3 Å². The van der Waals surface area contributed by atoms with Gasteiger partial charge in [-0.2, -0.15) is 0 Å². The van der Waals surface area contributed by atoms with Gasteiger partial charge in [-0.15, -0.1) is 0 Å². The lowest BCUT2D eigenvalue weighted by Crippen LogP contribution is -2.44. The predicted molar refractivity (Wildman–Crippen MR) is 113 cm³/mol. The second kappa shape index (κ2) is 7.72. The van der Waals surface area contributed by atoms with E-state index in [2.05, 4.69) is 29.8 Å². The number of nitrogens with one attached hydrogen (secondary N) is 1. The second-order valence-electron chi connectivity index (χ2n) is 7.93. The van der Waals surface area contributed by atoms with Crippen LogP contribution in [0, 0.1) is 0 Å². The van der Waals surface area contributed by atoms with Crippen molar-refractivity contribution in [3.63, 3.8) is 0 Å². The standard InChI is InChI=1S/C23H28N2O2S/c1-17-8-6-9-18(2)25(17)15-14-19-10-7-13-21-23(19)22(16-24-21)28(26,27)20-11-4-3-5-12-20/h3-5,7,10-13,16-18,24H,6,8-9,14-15H2,1-2H3/t17-,18?/m0/s1. The molecule has 0 aliphatic carbocycles. The Morgan fingerprint density at radius 2 is 1.71 bits per heavy atom. The summed E-state index contributed by atoms with van der Waals surface area (Å²) < 4.78 is 26.5. The molecule has 1 aliphatic rings. The molecule has 3 aromatic rings. The fourth-order valence-corrected chi connectivity index (χ4v) is 6.03. The van der Waals surface area contributed by atoms with E-state index in [1.54, 1.807) is 30.5 Å². The summed E-state index contributed by atoms with van der Waals surface area (Å²) in [6, 6.07) is 15.9. The van der Waals surface area contributed by atoms with Crippen molar-refractivity contribution >= 4 is 20.7 Å². The van der Waals surface area contributed by atoms with E-state index in [4.69, 9.17) is 0 Å². The molecule has 0 amide bonds. The van der Waals surface area contributed by atoms with E-state index in [-0.39, 0.29) is 0 Å². The Morgan fingerprint density at radius 3 is 2.43 bits per heavy atom. The summed E-state index contributed by atoms with van der Waals surface area (Å²) in [6.45, 7) is 5.56. The van der Waals surface area contributed by atoms with Gasteiger partial charge >= 0.3 is 0 Å². The Labute approximate surface area is 167 Å². The molecular weight excluding hydrogens is 368 g/mol. The van der Waals surface area contributed by atoms with E-state index < -0.39 is 9.84 Å². The summed E-state index contributed by atoms with van der Waals surface area (Å²) >= 11 is 0. The highest BCUT2D eigenvalue weighted by Gasteiger charge is 2.26. The number of piperidine rings is 1. The highest BCUT2D eigenvalue weighted by atomic mass is 32.2. The third-order valence-electron chi connectivity index (χ3n) is 6.11. The zero-order valence-corrected chi connectivity index (χ0v) is 17.4. The highest BCUT2D eigenvalue weighted by molar-refractivity contribution is 7.91. The van der Waals surface area contributed by atoms with Crippen LogP contribution in [0.5, 0.6) is 0 Å². The molecule has 2 heterocycles. The van der Waals surface area contributed by atoms with Crippen LogP contribution in [0.4, 0.5) is 0 Å². The van der Waals surface area contributed by atoms with E-state index in [0.717, 1.165) is 29.4 Å². The predicted octanol–water partition coefficient (Wildman–Crippen LogP) is 4.81. The maximum atomic E-state index is 13.2. The van der Waals surface area contributed by atoms with Crippen molar-refractivity contribution < 1.29 is 8.42 Å². The van der Waals surface area contributed by atoms with Crippen molar-refractivity contribution in [1.82, 2.24) is 9.88 Å². The fourth-order valence-electron chi connectivity index (χ4n) is 4.54. The van der Waals surface area contributed by atoms with E-state index in [9.17, 15) is 8.42 Å². The molecule has 0 bridgehead atoms. The van der Waals surface area contributed by atoms with Gasteiger partial charge in [0.25, 0.3) is 0 Å². The van der Waals surface area contributed by atoms with E-state index >= 15 is 0 Å². The summed E-state index contributed by atoms with van der Waals surface area (Å²) in [7, 11) is -3.55. The number of likely N-dealkylation sites (tertiary alicyclic amines) is 1. The van der Waals surface area contributed by atoms with Crippen LogP contribution < -0.4 is 0 Å². The van der Waals surface area contributed by atoms with Crippen LogP contribution in [0.15, 0.2) is 64.5 Å². The molecule has 5 heteroatoms. The van der Waals surface area contributed by atoms with Crippen LogP contribution in [0.1, 0.15) is 38.7 Å². The molecule has 1 saturated heterocycles. The number of hydrogen-bond donors (Lipinski definition) is 1. The number of aromatic nitrogens is 1.